The van der Waals surface area contributed by atoms with Crippen LogP contribution in [0.3, 0.4) is 0 Å². The van der Waals surface area contributed by atoms with Gasteiger partial charge >= 0.3 is 0 Å². The van der Waals surface area contributed by atoms with Gasteiger partial charge in [0.1, 0.15) is 5.82 Å². The van der Waals surface area contributed by atoms with Gasteiger partial charge in [0.2, 0.25) is 0 Å². The minimum absolute atomic E-state index is 0.507. The van der Waals surface area contributed by atoms with E-state index < -0.39 is 0 Å². The average Bonchev–Trinajstić information content (AvgIpc) is 2.42. The molecule has 0 atom stereocenters. The molecule has 0 aliphatic rings. The van der Waals surface area contributed by atoms with Crippen LogP contribution in [0.2, 0.25) is 0 Å². The molecule has 3 aromatic rings. The van der Waals surface area contributed by atoms with E-state index in [0.29, 0.717) is 11.6 Å². The Morgan fingerprint density at radius 2 is 1.85 bits per heavy atom. The number of nitrogen functional groups attached to an aromatic ring is 1. The van der Waals surface area contributed by atoms with Gasteiger partial charge in [-0.15, -0.1) is 0 Å². The van der Waals surface area contributed by atoms with Crippen LogP contribution in [-0.4, -0.2) is 9.97 Å². The number of aromatic nitrogens is 2. The molecule has 0 aliphatic heterocycles. The first-order chi connectivity index (χ1) is 9.56. The number of hydrogen-bond acceptors (Lipinski definition) is 3. The third-order valence-electron chi connectivity index (χ3n) is 3.53. The Morgan fingerprint density at radius 3 is 2.65 bits per heavy atom. The summed E-state index contributed by atoms with van der Waals surface area (Å²) in [7, 11) is 0. The summed E-state index contributed by atoms with van der Waals surface area (Å²) >= 11 is 3.44. The van der Waals surface area contributed by atoms with Gasteiger partial charge in [-0.1, -0.05) is 34.1 Å². The van der Waals surface area contributed by atoms with Crippen molar-refractivity contribution in [3.63, 3.8) is 0 Å². The molecule has 3 rings (SSSR count). The number of nitrogens with zero attached hydrogens (tertiary/aromatic N) is 2. The summed E-state index contributed by atoms with van der Waals surface area (Å²) in [4.78, 5) is 9.10. The smallest absolute Gasteiger partial charge is 0.162 e. The van der Waals surface area contributed by atoms with Crippen molar-refractivity contribution in [3.8, 4) is 11.4 Å². The van der Waals surface area contributed by atoms with Crippen molar-refractivity contribution in [2.24, 2.45) is 0 Å². The standard InChI is InChI=1S/C16H14BrN3/c1-9-4-3-5-12(10(9)2)16-19-14-7-6-11(17)8-13(14)15(18)20-16/h3-8H,1-2H3,(H2,18,19,20). The van der Waals surface area contributed by atoms with Crippen LogP contribution in [0, 0.1) is 13.8 Å². The topological polar surface area (TPSA) is 51.8 Å². The highest BCUT2D eigenvalue weighted by molar-refractivity contribution is 9.10. The van der Waals surface area contributed by atoms with Crippen molar-refractivity contribution in [1.29, 1.82) is 0 Å². The van der Waals surface area contributed by atoms with Gasteiger partial charge in [-0.25, -0.2) is 9.97 Å². The molecule has 0 amide bonds. The summed E-state index contributed by atoms with van der Waals surface area (Å²) in [6.45, 7) is 4.16. The first-order valence-corrected chi connectivity index (χ1v) is 7.15. The molecular weight excluding hydrogens is 314 g/mol. The van der Waals surface area contributed by atoms with E-state index in [0.717, 1.165) is 20.9 Å². The van der Waals surface area contributed by atoms with Gasteiger partial charge < -0.3 is 5.73 Å². The first-order valence-electron chi connectivity index (χ1n) is 6.35. The lowest BCUT2D eigenvalue weighted by atomic mass is 10.0. The van der Waals surface area contributed by atoms with Gasteiger partial charge in [0.05, 0.1) is 5.52 Å². The molecule has 0 aliphatic carbocycles. The first kappa shape index (κ1) is 13.1. The second-order valence-corrected chi connectivity index (χ2v) is 5.76. The third kappa shape index (κ3) is 2.16. The van der Waals surface area contributed by atoms with E-state index in [9.17, 15) is 0 Å². The van der Waals surface area contributed by atoms with Gasteiger partial charge in [0.15, 0.2) is 5.82 Å². The lowest BCUT2D eigenvalue weighted by Gasteiger charge is -2.09. The molecule has 1 heterocycles. The van der Waals surface area contributed by atoms with E-state index in [2.05, 4.69) is 45.8 Å². The monoisotopic (exact) mass is 327 g/mol. The van der Waals surface area contributed by atoms with E-state index in [1.165, 1.54) is 11.1 Å². The fraction of sp³-hybridized carbons (Fsp3) is 0.125. The van der Waals surface area contributed by atoms with Crippen LogP contribution in [0.1, 0.15) is 11.1 Å². The van der Waals surface area contributed by atoms with E-state index in [4.69, 9.17) is 5.73 Å². The maximum Gasteiger partial charge on any atom is 0.162 e. The molecule has 3 nitrogen and oxygen atoms in total. The maximum atomic E-state index is 6.08. The van der Waals surface area contributed by atoms with Crippen molar-refractivity contribution in [1.82, 2.24) is 9.97 Å². The SMILES string of the molecule is Cc1cccc(-c2nc(N)c3cc(Br)ccc3n2)c1C. The molecule has 4 heteroatoms. The molecule has 2 N–H and O–H groups in total. The summed E-state index contributed by atoms with van der Waals surface area (Å²) in [5.41, 5.74) is 10.4. The number of halogens is 1. The Balaban J connectivity index is 2.28. The zero-order valence-corrected chi connectivity index (χ0v) is 12.9. The molecular formula is C16H14BrN3. The van der Waals surface area contributed by atoms with Crippen molar-refractivity contribution < 1.29 is 0 Å². The number of rotatable bonds is 1. The Labute approximate surface area is 126 Å². The van der Waals surface area contributed by atoms with Crippen LogP contribution >= 0.6 is 15.9 Å². The van der Waals surface area contributed by atoms with Crippen LogP contribution < -0.4 is 5.73 Å². The number of aryl methyl sites for hydroxylation is 1. The van der Waals surface area contributed by atoms with Crippen LogP contribution in [-0.2, 0) is 0 Å². The van der Waals surface area contributed by atoms with Crippen LogP contribution in [0.5, 0.6) is 0 Å². The van der Waals surface area contributed by atoms with Crippen LogP contribution in [0.4, 0.5) is 5.82 Å². The molecule has 1 aromatic heterocycles. The van der Waals surface area contributed by atoms with Crippen molar-refractivity contribution >= 4 is 32.7 Å². The van der Waals surface area contributed by atoms with E-state index in [1.54, 1.807) is 0 Å². The molecule has 0 spiro atoms. The molecule has 2 aromatic carbocycles. The molecule has 0 radical (unpaired) electrons. The Morgan fingerprint density at radius 1 is 1.05 bits per heavy atom. The number of anilines is 1. The molecule has 20 heavy (non-hydrogen) atoms. The lowest BCUT2D eigenvalue weighted by Crippen LogP contribution is -1.99. The largest absolute Gasteiger partial charge is 0.383 e. The van der Waals surface area contributed by atoms with E-state index in [1.807, 2.05) is 30.3 Å². The second kappa shape index (κ2) is 4.87. The second-order valence-electron chi connectivity index (χ2n) is 4.84. The molecule has 0 unspecified atom stereocenters. The summed E-state index contributed by atoms with van der Waals surface area (Å²) < 4.78 is 0.972. The van der Waals surface area contributed by atoms with Crippen molar-refractivity contribution in [2.75, 3.05) is 5.73 Å². The fourth-order valence-electron chi connectivity index (χ4n) is 2.24. The fourth-order valence-corrected chi connectivity index (χ4v) is 2.60. The average molecular weight is 328 g/mol. The Bertz CT molecular complexity index is 812. The highest BCUT2D eigenvalue weighted by Crippen LogP contribution is 2.28. The molecule has 0 fully saturated rings. The van der Waals surface area contributed by atoms with Crippen molar-refractivity contribution in [2.45, 2.75) is 13.8 Å². The highest BCUT2D eigenvalue weighted by atomic mass is 79.9. The highest BCUT2D eigenvalue weighted by Gasteiger charge is 2.10. The molecule has 0 saturated heterocycles. The maximum absolute atomic E-state index is 6.08. The summed E-state index contributed by atoms with van der Waals surface area (Å²) in [6, 6.07) is 12.0. The number of fused-ring (bicyclic) bond motifs is 1. The van der Waals surface area contributed by atoms with Crippen LogP contribution in [0.15, 0.2) is 40.9 Å². The van der Waals surface area contributed by atoms with Gasteiger partial charge in [-0.3, -0.25) is 0 Å². The summed E-state index contributed by atoms with van der Waals surface area (Å²) in [6.07, 6.45) is 0. The summed E-state index contributed by atoms with van der Waals surface area (Å²) in [5.74, 6) is 1.19. The van der Waals surface area contributed by atoms with Gasteiger partial charge in [0.25, 0.3) is 0 Å². The predicted molar refractivity (Wildman–Crippen MR) is 86.6 cm³/mol. The van der Waals surface area contributed by atoms with Gasteiger partial charge in [-0.2, -0.15) is 0 Å². The zero-order valence-electron chi connectivity index (χ0n) is 11.3. The molecule has 0 saturated carbocycles. The number of benzene rings is 2. The van der Waals surface area contributed by atoms with Gasteiger partial charge in [0, 0.05) is 15.4 Å². The van der Waals surface area contributed by atoms with E-state index in [-0.39, 0.29) is 0 Å². The molecule has 0 bridgehead atoms. The van der Waals surface area contributed by atoms with Gasteiger partial charge in [-0.05, 0) is 43.2 Å². The minimum Gasteiger partial charge on any atom is -0.383 e. The predicted octanol–water partition coefficient (Wildman–Crippen LogP) is 4.26. The Kier molecular flexibility index (Phi) is 3.18. The lowest BCUT2D eigenvalue weighted by molar-refractivity contribution is 1.21. The minimum atomic E-state index is 0.507. The quantitative estimate of drug-likeness (QED) is 0.726. The van der Waals surface area contributed by atoms with E-state index >= 15 is 0 Å². The summed E-state index contributed by atoms with van der Waals surface area (Å²) in [5, 5.41) is 0.869. The van der Waals surface area contributed by atoms with Crippen molar-refractivity contribution in [3.05, 3.63) is 52.0 Å². The zero-order chi connectivity index (χ0) is 14.3. The molecule has 100 valence electrons. The number of hydrogen-bond donors (Lipinski definition) is 1. The van der Waals surface area contributed by atoms with Crippen LogP contribution in [0.25, 0.3) is 22.3 Å². The Hall–Kier alpha value is -1.94. The number of nitrogens with two attached hydrogens (primary N) is 1. The normalized spacial score (nSPS) is 10.9. The third-order valence-corrected chi connectivity index (χ3v) is 4.03.